The molecule has 3 rings (SSSR count). The average Bonchev–Trinajstić information content (AvgIpc) is 2.68. The van der Waals surface area contributed by atoms with Crippen LogP contribution in [0.15, 0.2) is 66.7 Å². The van der Waals surface area contributed by atoms with Gasteiger partial charge in [0, 0.05) is 0 Å². The molecule has 0 bridgehead atoms. The lowest BCUT2D eigenvalue weighted by atomic mass is 9.99. The summed E-state index contributed by atoms with van der Waals surface area (Å²) in [6.45, 7) is 0. The Labute approximate surface area is 147 Å². The van der Waals surface area contributed by atoms with E-state index in [9.17, 15) is 9.90 Å². The van der Waals surface area contributed by atoms with Gasteiger partial charge >= 0.3 is 0 Å². The highest BCUT2D eigenvalue weighted by atomic mass is 16.5. The second-order valence-corrected chi connectivity index (χ2v) is 5.92. The fourth-order valence-corrected chi connectivity index (χ4v) is 2.86. The first-order valence-corrected chi connectivity index (χ1v) is 8.20. The SMILES string of the molecule is COc1cc(CCc2ccc(-c3ccccc3)cc2)cc(C=O)c1O. The van der Waals surface area contributed by atoms with Crippen LogP contribution in [0.3, 0.4) is 0 Å². The number of aldehydes is 1. The van der Waals surface area contributed by atoms with Crippen molar-refractivity contribution < 1.29 is 14.6 Å². The predicted molar refractivity (Wildman–Crippen MR) is 99.3 cm³/mol. The highest BCUT2D eigenvalue weighted by Crippen LogP contribution is 2.31. The molecule has 0 aromatic heterocycles. The number of hydrogen-bond acceptors (Lipinski definition) is 3. The first-order valence-electron chi connectivity index (χ1n) is 8.20. The van der Waals surface area contributed by atoms with Crippen molar-refractivity contribution in [1.82, 2.24) is 0 Å². The molecule has 0 atom stereocenters. The van der Waals surface area contributed by atoms with Gasteiger partial charge in [0.25, 0.3) is 0 Å². The van der Waals surface area contributed by atoms with Gasteiger partial charge in [0.05, 0.1) is 12.7 Å². The van der Waals surface area contributed by atoms with E-state index in [1.54, 1.807) is 12.1 Å². The maximum Gasteiger partial charge on any atom is 0.168 e. The van der Waals surface area contributed by atoms with Crippen LogP contribution in [0.2, 0.25) is 0 Å². The third kappa shape index (κ3) is 3.89. The second kappa shape index (κ2) is 7.67. The lowest BCUT2D eigenvalue weighted by molar-refractivity contribution is 0.112. The number of methoxy groups -OCH3 is 1. The Morgan fingerprint density at radius 1 is 0.880 bits per heavy atom. The predicted octanol–water partition coefficient (Wildman–Crippen LogP) is 4.67. The molecule has 3 aromatic carbocycles. The van der Waals surface area contributed by atoms with Crippen LogP contribution in [0.5, 0.6) is 11.5 Å². The third-order valence-corrected chi connectivity index (χ3v) is 4.27. The molecule has 1 N–H and O–H groups in total. The lowest BCUT2D eigenvalue weighted by Crippen LogP contribution is -1.96. The van der Waals surface area contributed by atoms with E-state index in [2.05, 4.69) is 36.4 Å². The highest BCUT2D eigenvalue weighted by molar-refractivity contribution is 5.81. The van der Waals surface area contributed by atoms with Gasteiger partial charge in [-0.3, -0.25) is 4.79 Å². The van der Waals surface area contributed by atoms with Crippen LogP contribution >= 0.6 is 0 Å². The van der Waals surface area contributed by atoms with Crippen LogP contribution in [0, 0.1) is 0 Å². The van der Waals surface area contributed by atoms with Gasteiger partial charge in [-0.1, -0.05) is 54.6 Å². The zero-order chi connectivity index (χ0) is 17.6. The van der Waals surface area contributed by atoms with Gasteiger partial charge in [0.1, 0.15) is 0 Å². The van der Waals surface area contributed by atoms with Gasteiger partial charge in [0.15, 0.2) is 17.8 Å². The van der Waals surface area contributed by atoms with Crippen molar-refractivity contribution in [2.24, 2.45) is 0 Å². The zero-order valence-corrected chi connectivity index (χ0v) is 14.1. The molecule has 3 aromatic rings. The molecule has 0 heterocycles. The quantitative estimate of drug-likeness (QED) is 0.668. The third-order valence-electron chi connectivity index (χ3n) is 4.27. The lowest BCUT2D eigenvalue weighted by Gasteiger charge is -2.09. The van der Waals surface area contributed by atoms with E-state index in [0.29, 0.717) is 12.0 Å². The number of phenolic OH excluding ortho intramolecular Hbond substituents is 1. The summed E-state index contributed by atoms with van der Waals surface area (Å²) in [7, 11) is 1.48. The molecule has 0 saturated carbocycles. The topological polar surface area (TPSA) is 46.5 Å². The molecule has 0 aliphatic rings. The molecular formula is C22H20O3. The number of aryl methyl sites for hydroxylation is 2. The molecule has 0 radical (unpaired) electrons. The fourth-order valence-electron chi connectivity index (χ4n) is 2.86. The minimum Gasteiger partial charge on any atom is -0.504 e. The summed E-state index contributed by atoms with van der Waals surface area (Å²) < 4.78 is 5.14. The largest absolute Gasteiger partial charge is 0.504 e. The molecule has 0 aliphatic heterocycles. The average molecular weight is 332 g/mol. The van der Waals surface area contributed by atoms with Gasteiger partial charge in [-0.05, 0) is 47.2 Å². The highest BCUT2D eigenvalue weighted by Gasteiger charge is 2.10. The van der Waals surface area contributed by atoms with E-state index in [1.807, 2.05) is 18.2 Å². The van der Waals surface area contributed by atoms with Crippen molar-refractivity contribution in [3.8, 4) is 22.6 Å². The second-order valence-electron chi connectivity index (χ2n) is 5.92. The molecule has 0 amide bonds. The van der Waals surface area contributed by atoms with E-state index in [0.717, 1.165) is 18.4 Å². The minimum atomic E-state index is -0.103. The van der Waals surface area contributed by atoms with Crippen molar-refractivity contribution in [1.29, 1.82) is 0 Å². The van der Waals surface area contributed by atoms with Crippen LogP contribution in [0.1, 0.15) is 21.5 Å². The normalized spacial score (nSPS) is 10.4. The van der Waals surface area contributed by atoms with E-state index in [4.69, 9.17) is 4.74 Å². The van der Waals surface area contributed by atoms with Crippen molar-refractivity contribution in [2.45, 2.75) is 12.8 Å². The van der Waals surface area contributed by atoms with Crippen molar-refractivity contribution >= 4 is 6.29 Å². The summed E-state index contributed by atoms with van der Waals surface area (Å²) in [6.07, 6.45) is 2.26. The number of carbonyl (C=O) groups excluding carboxylic acids is 1. The summed E-state index contributed by atoms with van der Waals surface area (Å²) in [5, 5.41) is 9.88. The van der Waals surface area contributed by atoms with E-state index >= 15 is 0 Å². The Bertz CT molecular complexity index is 852. The smallest absolute Gasteiger partial charge is 0.168 e. The van der Waals surface area contributed by atoms with E-state index < -0.39 is 0 Å². The van der Waals surface area contributed by atoms with Crippen LogP contribution < -0.4 is 4.74 Å². The van der Waals surface area contributed by atoms with Crippen LogP contribution in [0.25, 0.3) is 11.1 Å². The fraction of sp³-hybridized carbons (Fsp3) is 0.136. The number of hydrogen-bond donors (Lipinski definition) is 1. The molecule has 126 valence electrons. The first-order chi connectivity index (χ1) is 12.2. The zero-order valence-electron chi connectivity index (χ0n) is 14.1. The molecular weight excluding hydrogens is 312 g/mol. The Hall–Kier alpha value is -3.07. The van der Waals surface area contributed by atoms with E-state index in [1.165, 1.54) is 23.8 Å². The summed E-state index contributed by atoms with van der Waals surface area (Å²) in [5.74, 6) is 0.229. The number of carbonyl (C=O) groups is 1. The number of benzene rings is 3. The standard InChI is InChI=1S/C22H20O3/c1-25-21-14-17(13-20(15-23)22(21)24)8-7-16-9-11-19(12-10-16)18-5-3-2-4-6-18/h2-6,9-15,24H,7-8H2,1H3. The van der Waals surface area contributed by atoms with E-state index in [-0.39, 0.29) is 11.3 Å². The van der Waals surface area contributed by atoms with Crippen LogP contribution in [0.4, 0.5) is 0 Å². The Morgan fingerprint density at radius 3 is 2.16 bits per heavy atom. The Kier molecular flexibility index (Phi) is 5.14. The van der Waals surface area contributed by atoms with Crippen molar-refractivity contribution in [3.05, 3.63) is 83.4 Å². The Balaban J connectivity index is 1.73. The number of phenols is 1. The van der Waals surface area contributed by atoms with Crippen molar-refractivity contribution in [3.63, 3.8) is 0 Å². The Morgan fingerprint density at radius 2 is 1.52 bits per heavy atom. The molecule has 3 nitrogen and oxygen atoms in total. The van der Waals surface area contributed by atoms with Gasteiger partial charge in [0.2, 0.25) is 0 Å². The molecule has 25 heavy (non-hydrogen) atoms. The maximum absolute atomic E-state index is 11.1. The number of aromatic hydroxyl groups is 1. The monoisotopic (exact) mass is 332 g/mol. The molecule has 0 unspecified atom stereocenters. The molecule has 3 heteroatoms. The van der Waals surface area contributed by atoms with Crippen molar-refractivity contribution in [2.75, 3.05) is 7.11 Å². The minimum absolute atomic E-state index is 0.103. The van der Waals surface area contributed by atoms with Crippen LogP contribution in [-0.2, 0) is 12.8 Å². The molecule has 0 aliphatic carbocycles. The van der Waals surface area contributed by atoms with Crippen LogP contribution in [-0.4, -0.2) is 18.5 Å². The molecule has 0 fully saturated rings. The first kappa shape index (κ1) is 16.8. The summed E-state index contributed by atoms with van der Waals surface area (Å²) >= 11 is 0. The van der Waals surface area contributed by atoms with Gasteiger partial charge in [-0.2, -0.15) is 0 Å². The van der Waals surface area contributed by atoms with Gasteiger partial charge < -0.3 is 9.84 Å². The maximum atomic E-state index is 11.1. The summed E-state index contributed by atoms with van der Waals surface area (Å²) in [5.41, 5.74) is 4.84. The summed E-state index contributed by atoms with van der Waals surface area (Å²) in [4.78, 5) is 11.1. The summed E-state index contributed by atoms with van der Waals surface area (Å²) in [6, 6.07) is 22.3. The molecule has 0 saturated heterocycles. The van der Waals surface area contributed by atoms with Gasteiger partial charge in [-0.25, -0.2) is 0 Å². The number of ether oxygens (including phenoxy) is 1. The van der Waals surface area contributed by atoms with Gasteiger partial charge in [-0.15, -0.1) is 0 Å². The number of rotatable bonds is 6. The molecule has 0 spiro atoms.